The minimum atomic E-state index is -0.241. The first-order chi connectivity index (χ1) is 9.27. The summed E-state index contributed by atoms with van der Waals surface area (Å²) in [6.45, 7) is 0. The van der Waals surface area contributed by atoms with Crippen molar-refractivity contribution in [3.8, 4) is 5.69 Å². The molecule has 1 aliphatic carbocycles. The molecule has 2 aromatic rings. The van der Waals surface area contributed by atoms with E-state index in [0.29, 0.717) is 5.69 Å². The van der Waals surface area contributed by atoms with Crippen molar-refractivity contribution in [3.63, 3.8) is 0 Å². The van der Waals surface area contributed by atoms with Gasteiger partial charge in [0.2, 0.25) is 0 Å². The zero-order valence-corrected chi connectivity index (χ0v) is 10.3. The van der Waals surface area contributed by atoms with Gasteiger partial charge in [-0.1, -0.05) is 30.4 Å². The first kappa shape index (κ1) is 10.6. The maximum absolute atomic E-state index is 12.5. The fraction of sp³-hybridized carbons (Fsp3) is 0.286. The molecular weight excluding hydrogens is 242 g/mol. The van der Waals surface area contributed by atoms with Gasteiger partial charge in [0.1, 0.15) is 0 Å². The lowest BCUT2D eigenvalue weighted by Gasteiger charge is -2.32. The summed E-state index contributed by atoms with van der Waals surface area (Å²) in [6, 6.07) is 9.14. The highest BCUT2D eigenvalue weighted by atomic mass is 16.2. The summed E-state index contributed by atoms with van der Waals surface area (Å²) in [4.78, 5) is 25.0. The molecule has 0 N–H and O–H groups in total. The third kappa shape index (κ3) is 1.30. The first-order valence-electron chi connectivity index (χ1n) is 6.47. The molecule has 19 heavy (non-hydrogen) atoms. The topological polar surface area (TPSA) is 48.9 Å². The number of nitrogens with zero attached hydrogens (tertiary/aromatic N) is 3. The highest BCUT2D eigenvalue weighted by Gasteiger charge is 2.33. The molecule has 2 bridgehead atoms. The maximum atomic E-state index is 12.5. The van der Waals surface area contributed by atoms with Crippen LogP contribution in [0.3, 0.4) is 0 Å². The van der Waals surface area contributed by atoms with Crippen LogP contribution in [0.25, 0.3) is 5.69 Å². The van der Waals surface area contributed by atoms with Crippen molar-refractivity contribution in [2.45, 2.75) is 24.9 Å². The van der Waals surface area contributed by atoms with Gasteiger partial charge < -0.3 is 0 Å². The van der Waals surface area contributed by atoms with Crippen LogP contribution in [0.2, 0.25) is 0 Å². The van der Waals surface area contributed by atoms with Gasteiger partial charge in [0, 0.05) is 0 Å². The van der Waals surface area contributed by atoms with E-state index in [2.05, 4.69) is 0 Å². The van der Waals surface area contributed by atoms with Gasteiger partial charge >= 0.3 is 11.4 Å². The predicted molar refractivity (Wildman–Crippen MR) is 70.7 cm³/mol. The zero-order valence-electron chi connectivity index (χ0n) is 10.3. The van der Waals surface area contributed by atoms with Crippen LogP contribution < -0.4 is 11.4 Å². The zero-order chi connectivity index (χ0) is 13.0. The molecule has 1 aromatic heterocycles. The average molecular weight is 255 g/mol. The molecule has 3 heterocycles. The van der Waals surface area contributed by atoms with E-state index < -0.39 is 0 Å². The lowest BCUT2D eigenvalue weighted by atomic mass is 9.96. The lowest BCUT2D eigenvalue weighted by molar-refractivity contribution is 0.257. The van der Waals surface area contributed by atoms with Crippen LogP contribution in [0, 0.1) is 0 Å². The number of fused-ring (bicyclic) bond motifs is 1. The Morgan fingerprint density at radius 3 is 1.84 bits per heavy atom. The Kier molecular flexibility index (Phi) is 2.01. The number of aromatic nitrogens is 3. The molecule has 5 heteroatoms. The first-order valence-corrected chi connectivity index (χ1v) is 6.47. The van der Waals surface area contributed by atoms with E-state index in [-0.39, 0.29) is 23.5 Å². The summed E-state index contributed by atoms with van der Waals surface area (Å²) in [7, 11) is 0. The van der Waals surface area contributed by atoms with Crippen LogP contribution in [0.1, 0.15) is 24.9 Å². The number of hydrogen-bond donors (Lipinski definition) is 0. The van der Waals surface area contributed by atoms with Gasteiger partial charge in [-0.2, -0.15) is 0 Å². The van der Waals surface area contributed by atoms with Crippen molar-refractivity contribution in [1.29, 1.82) is 0 Å². The van der Waals surface area contributed by atoms with Gasteiger partial charge in [0.15, 0.2) is 0 Å². The minimum Gasteiger partial charge on any atom is -0.245 e. The van der Waals surface area contributed by atoms with Gasteiger partial charge in [-0.3, -0.25) is 0 Å². The molecule has 1 aromatic carbocycles. The monoisotopic (exact) mass is 255 g/mol. The van der Waals surface area contributed by atoms with Crippen molar-refractivity contribution >= 4 is 0 Å². The summed E-state index contributed by atoms with van der Waals surface area (Å²) in [5.41, 5.74) is 0.150. The molecule has 5 rings (SSSR count). The highest BCUT2D eigenvalue weighted by molar-refractivity contribution is 5.31. The third-order valence-electron chi connectivity index (χ3n) is 3.96. The molecule has 5 nitrogen and oxygen atoms in total. The molecule has 0 amide bonds. The quantitative estimate of drug-likeness (QED) is 0.720. The Balaban J connectivity index is 2.05. The van der Waals surface area contributed by atoms with Crippen LogP contribution in [0.15, 0.2) is 52.1 Å². The average Bonchev–Trinajstić information content (AvgIpc) is 2.75. The fourth-order valence-electron chi connectivity index (χ4n) is 3.07. The number of hydrogen-bond acceptors (Lipinski definition) is 2. The number of para-hydroxylation sites is 1. The molecule has 2 unspecified atom stereocenters. The highest BCUT2D eigenvalue weighted by Crippen LogP contribution is 2.32. The van der Waals surface area contributed by atoms with Crippen molar-refractivity contribution in [2.75, 3.05) is 0 Å². The van der Waals surface area contributed by atoms with E-state index in [9.17, 15) is 9.59 Å². The summed E-state index contributed by atoms with van der Waals surface area (Å²) >= 11 is 0. The van der Waals surface area contributed by atoms with Crippen LogP contribution in [0.5, 0.6) is 0 Å². The van der Waals surface area contributed by atoms with E-state index in [4.69, 9.17) is 0 Å². The van der Waals surface area contributed by atoms with Gasteiger partial charge in [-0.25, -0.2) is 23.5 Å². The van der Waals surface area contributed by atoms with Gasteiger partial charge in [0.25, 0.3) is 0 Å². The molecule has 2 atom stereocenters. The van der Waals surface area contributed by atoms with Gasteiger partial charge in [-0.05, 0) is 25.0 Å². The Hall–Kier alpha value is -2.30. The summed E-state index contributed by atoms with van der Waals surface area (Å²) < 4.78 is 4.46. The second kappa shape index (κ2) is 3.60. The Labute approximate surface area is 109 Å². The number of benzene rings is 1. The summed E-state index contributed by atoms with van der Waals surface area (Å²) in [5.74, 6) is 0. The van der Waals surface area contributed by atoms with E-state index in [1.807, 2.05) is 30.4 Å². The van der Waals surface area contributed by atoms with Gasteiger partial charge in [0.05, 0.1) is 17.8 Å². The molecule has 0 radical (unpaired) electrons. The van der Waals surface area contributed by atoms with E-state index in [1.165, 1.54) is 4.57 Å². The molecule has 3 aliphatic rings. The third-order valence-corrected chi connectivity index (χ3v) is 3.96. The van der Waals surface area contributed by atoms with Crippen molar-refractivity contribution in [1.82, 2.24) is 13.9 Å². The number of allylic oxidation sites excluding steroid dienone is 2. The molecule has 96 valence electrons. The van der Waals surface area contributed by atoms with Crippen molar-refractivity contribution in [2.24, 2.45) is 0 Å². The Morgan fingerprint density at radius 2 is 1.37 bits per heavy atom. The molecule has 0 saturated heterocycles. The summed E-state index contributed by atoms with van der Waals surface area (Å²) in [6.07, 6.45) is 5.92. The van der Waals surface area contributed by atoms with E-state index in [0.717, 1.165) is 12.8 Å². The van der Waals surface area contributed by atoms with Crippen molar-refractivity contribution in [3.05, 3.63) is 63.5 Å². The molecule has 0 saturated carbocycles. The number of rotatable bonds is 1. The predicted octanol–water partition coefficient (Wildman–Crippen LogP) is 1.25. The second-order valence-electron chi connectivity index (χ2n) is 5.02. The lowest BCUT2D eigenvalue weighted by Crippen LogP contribution is -2.39. The van der Waals surface area contributed by atoms with Crippen molar-refractivity contribution < 1.29 is 0 Å². The summed E-state index contributed by atoms with van der Waals surface area (Å²) in [5, 5.41) is 0. The molecular formula is C14H13N3O2. The van der Waals surface area contributed by atoms with E-state index >= 15 is 0 Å². The maximum Gasteiger partial charge on any atom is 0.352 e. The SMILES string of the molecule is O=c1n(-c2ccccc2)c(=O)n2n1C1C=CC2CC1. The van der Waals surface area contributed by atoms with Crippen LogP contribution in [0.4, 0.5) is 0 Å². The van der Waals surface area contributed by atoms with Gasteiger partial charge in [-0.15, -0.1) is 0 Å². The second-order valence-corrected chi connectivity index (χ2v) is 5.02. The molecule has 0 spiro atoms. The molecule has 0 fully saturated rings. The standard InChI is InChI=1S/C14H13N3O2/c18-13-15(10-4-2-1-3-5-10)14(19)17-12-7-6-11(8-9-12)16(13)17/h1-7,11-12H,8-9H2. The largest absolute Gasteiger partial charge is 0.352 e. The Morgan fingerprint density at radius 1 is 0.842 bits per heavy atom. The fourth-order valence-corrected chi connectivity index (χ4v) is 3.07. The van der Waals surface area contributed by atoms with Crippen LogP contribution in [-0.2, 0) is 0 Å². The van der Waals surface area contributed by atoms with Crippen LogP contribution in [-0.4, -0.2) is 13.9 Å². The normalized spacial score (nSPS) is 23.6. The van der Waals surface area contributed by atoms with Crippen LogP contribution >= 0.6 is 0 Å². The smallest absolute Gasteiger partial charge is 0.245 e. The minimum absolute atomic E-state index is 0.0233. The molecule has 2 aliphatic heterocycles. The van der Waals surface area contributed by atoms with E-state index in [1.54, 1.807) is 21.5 Å². The Bertz CT molecular complexity index is 734.